The molecule has 0 unspecified atom stereocenters. The number of nitrogens with one attached hydrogen (secondary N) is 2. The zero-order valence-corrected chi connectivity index (χ0v) is 11.3. The Morgan fingerprint density at radius 2 is 1.89 bits per heavy atom. The van der Waals surface area contributed by atoms with E-state index in [1.165, 1.54) is 0 Å². The highest BCUT2D eigenvalue weighted by molar-refractivity contribution is 5.83. The van der Waals surface area contributed by atoms with Gasteiger partial charge in [0.05, 0.1) is 6.61 Å². The lowest BCUT2D eigenvalue weighted by molar-refractivity contribution is -0.153. The highest BCUT2D eigenvalue weighted by Gasteiger charge is 2.37. The lowest BCUT2D eigenvalue weighted by atomic mass is 10.2. The van der Waals surface area contributed by atoms with Crippen LogP contribution in [0.15, 0.2) is 0 Å². The topological polar surface area (TPSA) is 85.9 Å². The van der Waals surface area contributed by atoms with E-state index in [1.807, 2.05) is 0 Å². The molecule has 7 nitrogen and oxygen atoms in total. The Bertz CT molecular complexity index is 335. The maximum absolute atomic E-state index is 11.6. The fourth-order valence-corrected chi connectivity index (χ4v) is 1.31. The van der Waals surface area contributed by atoms with Crippen LogP contribution >= 0.6 is 0 Å². The third-order valence-corrected chi connectivity index (χ3v) is 1.99. The second-order valence-electron chi connectivity index (χ2n) is 5.43. The predicted molar refractivity (Wildman–Crippen MR) is 62.4 cm³/mol. The molecule has 1 fully saturated rings. The predicted octanol–water partition coefficient (Wildman–Crippen LogP) is 0.694. The van der Waals surface area contributed by atoms with Crippen molar-refractivity contribution >= 4 is 12.0 Å². The molecule has 0 saturated carbocycles. The largest absolute Gasteiger partial charge is 0.443 e. The summed E-state index contributed by atoms with van der Waals surface area (Å²) in [6.45, 7) is 8.75. The Kier molecular flexibility index (Phi) is 4.18. The second kappa shape index (κ2) is 5.11. The van der Waals surface area contributed by atoms with Crippen molar-refractivity contribution in [2.24, 2.45) is 0 Å². The molecule has 1 heterocycles. The number of hydrogen-bond donors (Lipinski definition) is 2. The van der Waals surface area contributed by atoms with Crippen LogP contribution < -0.4 is 10.9 Å². The van der Waals surface area contributed by atoms with Gasteiger partial charge in [-0.1, -0.05) is 0 Å². The summed E-state index contributed by atoms with van der Waals surface area (Å²) >= 11 is 0. The Balaban J connectivity index is 2.32. The molecule has 2 N–H and O–H groups in total. The first-order chi connectivity index (χ1) is 8.09. The van der Waals surface area contributed by atoms with Crippen LogP contribution in [0.4, 0.5) is 4.79 Å². The number of carbonyl (C=O) groups excluding carboxylic acids is 2. The van der Waals surface area contributed by atoms with E-state index in [1.54, 1.807) is 34.6 Å². The van der Waals surface area contributed by atoms with Gasteiger partial charge in [-0.15, -0.1) is 0 Å². The van der Waals surface area contributed by atoms with Crippen LogP contribution in [0.3, 0.4) is 0 Å². The first-order valence-electron chi connectivity index (χ1n) is 5.70. The molecule has 0 aliphatic carbocycles. The normalized spacial score (nSPS) is 22.4. The number of carbonyl (C=O) groups is 2. The lowest BCUT2D eigenvalue weighted by Crippen LogP contribution is -2.48. The molecule has 2 amide bonds. The molecule has 0 aromatic carbocycles. The molecular formula is C11H20N2O5. The SMILES string of the molecule is CC(C)(C)OC(=O)NNC(=O)[C@H]1COC(C)(C)O1. The van der Waals surface area contributed by atoms with Crippen LogP contribution in [0.5, 0.6) is 0 Å². The summed E-state index contributed by atoms with van der Waals surface area (Å²) < 4.78 is 15.5. The highest BCUT2D eigenvalue weighted by Crippen LogP contribution is 2.21. The fourth-order valence-electron chi connectivity index (χ4n) is 1.31. The van der Waals surface area contributed by atoms with Crippen LogP contribution in [0, 0.1) is 0 Å². The molecule has 0 radical (unpaired) electrons. The smallest absolute Gasteiger partial charge is 0.426 e. The monoisotopic (exact) mass is 260 g/mol. The van der Waals surface area contributed by atoms with Gasteiger partial charge in [-0.3, -0.25) is 10.2 Å². The molecule has 1 atom stereocenters. The van der Waals surface area contributed by atoms with Gasteiger partial charge in [0.2, 0.25) is 0 Å². The Morgan fingerprint density at radius 3 is 2.33 bits per heavy atom. The van der Waals surface area contributed by atoms with Crippen molar-refractivity contribution in [1.29, 1.82) is 0 Å². The number of rotatable bonds is 1. The third kappa shape index (κ3) is 4.89. The summed E-state index contributed by atoms with van der Waals surface area (Å²) in [6, 6.07) is 0. The van der Waals surface area contributed by atoms with Crippen LogP contribution in [0.2, 0.25) is 0 Å². The van der Waals surface area contributed by atoms with Gasteiger partial charge in [0.15, 0.2) is 11.9 Å². The average Bonchev–Trinajstić information content (AvgIpc) is 2.52. The molecule has 0 aromatic rings. The standard InChI is InChI=1S/C11H20N2O5/c1-10(2,3)18-9(15)13-12-8(14)7-6-16-11(4,5)17-7/h7H,6H2,1-5H3,(H,12,14)(H,13,15)/t7-/m1/s1. The molecule has 1 aliphatic heterocycles. The molecule has 1 saturated heterocycles. The Morgan fingerprint density at radius 1 is 1.28 bits per heavy atom. The molecule has 18 heavy (non-hydrogen) atoms. The van der Waals surface area contributed by atoms with E-state index in [2.05, 4.69) is 10.9 Å². The van der Waals surface area contributed by atoms with Crippen molar-refractivity contribution in [2.45, 2.75) is 52.1 Å². The summed E-state index contributed by atoms with van der Waals surface area (Å²) in [7, 11) is 0. The Labute approximate surface area is 106 Å². The molecule has 7 heteroatoms. The van der Waals surface area contributed by atoms with Gasteiger partial charge >= 0.3 is 6.09 Å². The molecule has 0 aromatic heterocycles. The van der Waals surface area contributed by atoms with E-state index < -0.39 is 29.5 Å². The summed E-state index contributed by atoms with van der Waals surface area (Å²) in [4.78, 5) is 22.9. The van der Waals surface area contributed by atoms with Gasteiger partial charge in [0.1, 0.15) is 5.60 Å². The molecule has 0 spiro atoms. The number of amides is 2. The Hall–Kier alpha value is -1.34. The molecule has 104 valence electrons. The van der Waals surface area contributed by atoms with E-state index in [-0.39, 0.29) is 6.61 Å². The summed E-state index contributed by atoms with van der Waals surface area (Å²) in [5.41, 5.74) is 3.74. The quantitative estimate of drug-likeness (QED) is 0.678. The number of ether oxygens (including phenoxy) is 3. The second-order valence-corrected chi connectivity index (χ2v) is 5.43. The maximum atomic E-state index is 11.6. The van der Waals surface area contributed by atoms with Crippen molar-refractivity contribution in [3.63, 3.8) is 0 Å². The van der Waals surface area contributed by atoms with Crippen LogP contribution in [-0.2, 0) is 19.0 Å². The van der Waals surface area contributed by atoms with Gasteiger partial charge in [0, 0.05) is 0 Å². The van der Waals surface area contributed by atoms with Crippen molar-refractivity contribution in [3.05, 3.63) is 0 Å². The zero-order valence-electron chi connectivity index (χ0n) is 11.3. The first-order valence-corrected chi connectivity index (χ1v) is 5.70. The minimum atomic E-state index is -0.784. The van der Waals surface area contributed by atoms with Gasteiger partial charge in [-0.25, -0.2) is 10.2 Å². The zero-order chi connectivity index (χ0) is 14.0. The van der Waals surface area contributed by atoms with E-state index in [4.69, 9.17) is 14.2 Å². The molecular weight excluding hydrogens is 240 g/mol. The fraction of sp³-hybridized carbons (Fsp3) is 0.818. The number of hydrazine groups is 1. The summed E-state index contributed by atoms with van der Waals surface area (Å²) in [5, 5.41) is 0. The van der Waals surface area contributed by atoms with Gasteiger partial charge < -0.3 is 14.2 Å². The first kappa shape index (κ1) is 14.7. The van der Waals surface area contributed by atoms with Gasteiger partial charge in [-0.2, -0.15) is 0 Å². The molecule has 0 bridgehead atoms. The van der Waals surface area contributed by atoms with Crippen molar-refractivity contribution in [1.82, 2.24) is 10.9 Å². The number of hydrogen-bond acceptors (Lipinski definition) is 5. The van der Waals surface area contributed by atoms with Crippen LogP contribution in [0.1, 0.15) is 34.6 Å². The summed E-state index contributed by atoms with van der Waals surface area (Å²) in [5.74, 6) is -1.26. The van der Waals surface area contributed by atoms with Crippen molar-refractivity contribution in [2.75, 3.05) is 6.61 Å². The van der Waals surface area contributed by atoms with E-state index in [9.17, 15) is 9.59 Å². The van der Waals surface area contributed by atoms with E-state index in [0.29, 0.717) is 0 Å². The van der Waals surface area contributed by atoms with Crippen LogP contribution in [-0.4, -0.2) is 36.1 Å². The third-order valence-electron chi connectivity index (χ3n) is 1.99. The molecule has 1 aliphatic rings. The van der Waals surface area contributed by atoms with Crippen molar-refractivity contribution < 1.29 is 23.8 Å². The lowest BCUT2D eigenvalue weighted by Gasteiger charge is -2.20. The average molecular weight is 260 g/mol. The van der Waals surface area contributed by atoms with Crippen molar-refractivity contribution in [3.8, 4) is 0 Å². The minimum Gasteiger partial charge on any atom is -0.443 e. The maximum Gasteiger partial charge on any atom is 0.426 e. The van der Waals surface area contributed by atoms with Gasteiger partial charge in [0.25, 0.3) is 5.91 Å². The van der Waals surface area contributed by atoms with Crippen LogP contribution in [0.25, 0.3) is 0 Å². The summed E-state index contributed by atoms with van der Waals surface area (Å²) in [6.07, 6.45) is -1.47. The minimum absolute atomic E-state index is 0.148. The molecule has 1 rings (SSSR count). The van der Waals surface area contributed by atoms with Gasteiger partial charge in [-0.05, 0) is 34.6 Å². The highest BCUT2D eigenvalue weighted by atomic mass is 16.7. The van der Waals surface area contributed by atoms with E-state index in [0.717, 1.165) is 0 Å². The van der Waals surface area contributed by atoms with E-state index >= 15 is 0 Å².